The molecule has 1 aliphatic heterocycles. The maximum atomic E-state index is 11.7. The lowest BCUT2D eigenvalue weighted by Gasteiger charge is -2.18. The first-order valence-electron chi connectivity index (χ1n) is 6.84. The fraction of sp³-hybridized carbons (Fsp3) is 0.562. The monoisotopic (exact) mass is 262 g/mol. The highest BCUT2D eigenvalue weighted by Crippen LogP contribution is 2.26. The molecule has 0 spiro atoms. The Bertz CT molecular complexity index is 458. The molecule has 0 fully saturated rings. The fourth-order valence-electron chi connectivity index (χ4n) is 2.05. The number of benzene rings is 1. The van der Waals surface area contributed by atoms with Gasteiger partial charge in [0.2, 0.25) is 0 Å². The zero-order valence-electron chi connectivity index (χ0n) is 12.0. The molecular weight excluding hydrogens is 240 g/mol. The third-order valence-corrected chi connectivity index (χ3v) is 3.11. The van der Waals surface area contributed by atoms with Gasteiger partial charge in [0.15, 0.2) is 5.78 Å². The first-order valence-corrected chi connectivity index (χ1v) is 6.84. The molecule has 1 aliphatic rings. The van der Waals surface area contributed by atoms with Crippen LogP contribution in [0.15, 0.2) is 18.2 Å². The zero-order valence-corrected chi connectivity index (χ0v) is 12.0. The number of carbonyl (C=O) groups excluding carboxylic acids is 1. The van der Waals surface area contributed by atoms with Gasteiger partial charge in [-0.15, -0.1) is 0 Å². The Morgan fingerprint density at radius 1 is 1.37 bits per heavy atom. The van der Waals surface area contributed by atoms with Crippen molar-refractivity contribution in [2.24, 2.45) is 0 Å². The number of hydrogen-bond acceptors (Lipinski definition) is 3. The Labute approximate surface area is 114 Å². The summed E-state index contributed by atoms with van der Waals surface area (Å²) in [5, 5.41) is 0. The van der Waals surface area contributed by atoms with Crippen LogP contribution >= 0.6 is 0 Å². The molecule has 0 radical (unpaired) electrons. The Kier molecular flexibility index (Phi) is 4.25. The molecule has 1 aromatic rings. The van der Waals surface area contributed by atoms with Crippen LogP contribution < -0.4 is 4.74 Å². The van der Waals surface area contributed by atoms with E-state index in [9.17, 15) is 4.79 Å². The molecule has 0 amide bonds. The van der Waals surface area contributed by atoms with Crippen molar-refractivity contribution in [2.75, 3.05) is 13.2 Å². The summed E-state index contributed by atoms with van der Waals surface area (Å²) in [5.74, 6) is 1.15. The first-order chi connectivity index (χ1) is 8.94. The molecule has 2 rings (SSSR count). The second-order valence-electron chi connectivity index (χ2n) is 5.98. The lowest BCUT2D eigenvalue weighted by molar-refractivity contribution is -0.128. The van der Waals surface area contributed by atoms with Crippen molar-refractivity contribution < 1.29 is 14.3 Å². The van der Waals surface area contributed by atoms with Crippen LogP contribution in [0.1, 0.15) is 38.3 Å². The highest BCUT2D eigenvalue weighted by Gasteiger charge is 2.14. The summed E-state index contributed by atoms with van der Waals surface area (Å²) in [4.78, 5) is 11.7. The predicted molar refractivity (Wildman–Crippen MR) is 74.7 cm³/mol. The van der Waals surface area contributed by atoms with Gasteiger partial charge in [0, 0.05) is 12.8 Å². The van der Waals surface area contributed by atoms with Crippen molar-refractivity contribution >= 4 is 5.78 Å². The largest absolute Gasteiger partial charge is 0.493 e. The number of hydrogen-bond donors (Lipinski definition) is 0. The molecule has 104 valence electrons. The number of carbonyl (C=O) groups is 1. The van der Waals surface area contributed by atoms with E-state index < -0.39 is 0 Å². The van der Waals surface area contributed by atoms with E-state index in [0.717, 1.165) is 25.2 Å². The van der Waals surface area contributed by atoms with Crippen molar-refractivity contribution in [3.05, 3.63) is 29.3 Å². The number of rotatable bonds is 5. The molecule has 1 heterocycles. The van der Waals surface area contributed by atoms with Crippen LogP contribution in [0.4, 0.5) is 0 Å². The topological polar surface area (TPSA) is 35.5 Å². The summed E-state index contributed by atoms with van der Waals surface area (Å²) < 4.78 is 11.0. The van der Waals surface area contributed by atoms with E-state index in [1.165, 1.54) is 11.1 Å². The molecule has 0 aromatic heterocycles. The number of Topliss-reactive ketones (excluding diaryl/α,β-unsaturated/α-hetero) is 1. The second-order valence-corrected chi connectivity index (χ2v) is 5.98. The zero-order chi connectivity index (χ0) is 13.9. The van der Waals surface area contributed by atoms with Crippen molar-refractivity contribution in [3.63, 3.8) is 0 Å². The maximum Gasteiger partial charge on any atom is 0.158 e. The SMILES string of the molecule is CC(C)(C)OCC(=O)CCc1ccc2c(c1)CCO2. The summed E-state index contributed by atoms with van der Waals surface area (Å²) in [7, 11) is 0. The molecule has 3 nitrogen and oxygen atoms in total. The van der Waals surface area contributed by atoms with Gasteiger partial charge in [-0.3, -0.25) is 4.79 Å². The molecule has 0 unspecified atom stereocenters. The number of fused-ring (bicyclic) bond motifs is 1. The van der Waals surface area contributed by atoms with E-state index in [1.54, 1.807) is 0 Å². The normalized spacial score (nSPS) is 14.1. The number of ether oxygens (including phenoxy) is 2. The molecule has 0 N–H and O–H groups in total. The summed E-state index contributed by atoms with van der Waals surface area (Å²) in [5.41, 5.74) is 2.21. The Morgan fingerprint density at radius 2 is 2.16 bits per heavy atom. The highest BCUT2D eigenvalue weighted by molar-refractivity contribution is 5.79. The number of aryl methyl sites for hydroxylation is 1. The van der Waals surface area contributed by atoms with Crippen LogP contribution in [0.2, 0.25) is 0 Å². The fourth-order valence-corrected chi connectivity index (χ4v) is 2.05. The van der Waals surface area contributed by atoms with E-state index in [-0.39, 0.29) is 18.0 Å². The van der Waals surface area contributed by atoms with Crippen molar-refractivity contribution in [1.82, 2.24) is 0 Å². The van der Waals surface area contributed by atoms with Crippen molar-refractivity contribution in [3.8, 4) is 5.75 Å². The molecule has 0 aliphatic carbocycles. The van der Waals surface area contributed by atoms with Gasteiger partial charge in [0.1, 0.15) is 12.4 Å². The summed E-state index contributed by atoms with van der Waals surface area (Å²) >= 11 is 0. The van der Waals surface area contributed by atoms with Crippen LogP contribution in [-0.4, -0.2) is 24.6 Å². The van der Waals surface area contributed by atoms with E-state index in [4.69, 9.17) is 9.47 Å². The third-order valence-electron chi connectivity index (χ3n) is 3.11. The Hall–Kier alpha value is -1.35. The summed E-state index contributed by atoms with van der Waals surface area (Å²) in [6.07, 6.45) is 2.29. The van der Waals surface area contributed by atoms with Gasteiger partial charge in [-0.2, -0.15) is 0 Å². The smallest absolute Gasteiger partial charge is 0.158 e. The van der Waals surface area contributed by atoms with E-state index in [1.807, 2.05) is 32.9 Å². The molecule has 19 heavy (non-hydrogen) atoms. The molecule has 1 aromatic carbocycles. The minimum absolute atomic E-state index is 0.159. The molecule has 0 saturated heterocycles. The average Bonchev–Trinajstić information content (AvgIpc) is 2.80. The molecule has 3 heteroatoms. The lowest BCUT2D eigenvalue weighted by atomic mass is 10.0. The molecular formula is C16H22O3. The quantitative estimate of drug-likeness (QED) is 0.818. The molecule has 0 atom stereocenters. The highest BCUT2D eigenvalue weighted by atomic mass is 16.5. The standard InChI is InChI=1S/C16H22O3/c1-16(2,3)19-11-14(17)6-4-12-5-7-15-13(10-12)8-9-18-15/h5,7,10H,4,6,8-9,11H2,1-3H3. The third kappa shape index (κ3) is 4.35. The van der Waals surface area contributed by atoms with Crippen LogP contribution in [0, 0.1) is 0 Å². The lowest BCUT2D eigenvalue weighted by Crippen LogP contribution is -2.23. The Balaban J connectivity index is 1.81. The van der Waals surface area contributed by atoms with Gasteiger partial charge in [0.25, 0.3) is 0 Å². The molecule has 0 bridgehead atoms. The average molecular weight is 262 g/mol. The van der Waals surface area contributed by atoms with Gasteiger partial charge in [-0.1, -0.05) is 12.1 Å². The minimum atomic E-state index is -0.249. The van der Waals surface area contributed by atoms with Crippen molar-refractivity contribution in [2.45, 2.75) is 45.6 Å². The van der Waals surface area contributed by atoms with Crippen LogP contribution in [0.25, 0.3) is 0 Å². The van der Waals surface area contributed by atoms with Crippen molar-refractivity contribution in [1.29, 1.82) is 0 Å². The van der Waals surface area contributed by atoms with E-state index in [2.05, 4.69) is 6.07 Å². The summed E-state index contributed by atoms with van der Waals surface area (Å²) in [6.45, 7) is 6.86. The Morgan fingerprint density at radius 3 is 2.89 bits per heavy atom. The minimum Gasteiger partial charge on any atom is -0.493 e. The second kappa shape index (κ2) is 5.74. The van der Waals surface area contributed by atoms with E-state index in [0.29, 0.717) is 6.42 Å². The van der Waals surface area contributed by atoms with Crippen LogP contribution in [0.5, 0.6) is 5.75 Å². The van der Waals surface area contributed by atoms with Gasteiger partial charge in [-0.05, 0) is 44.4 Å². The molecule has 0 saturated carbocycles. The van der Waals surface area contributed by atoms with Crippen LogP contribution in [-0.2, 0) is 22.4 Å². The maximum absolute atomic E-state index is 11.7. The first kappa shape index (κ1) is 14.1. The van der Waals surface area contributed by atoms with Gasteiger partial charge >= 0.3 is 0 Å². The predicted octanol–water partition coefficient (Wildman–Crippen LogP) is 2.94. The number of ketones is 1. The van der Waals surface area contributed by atoms with Gasteiger partial charge in [-0.25, -0.2) is 0 Å². The van der Waals surface area contributed by atoms with E-state index >= 15 is 0 Å². The van der Waals surface area contributed by atoms with Gasteiger partial charge in [0.05, 0.1) is 12.2 Å². The van der Waals surface area contributed by atoms with Gasteiger partial charge < -0.3 is 9.47 Å². The summed E-state index contributed by atoms with van der Waals surface area (Å²) in [6, 6.07) is 6.20. The van der Waals surface area contributed by atoms with Crippen LogP contribution in [0.3, 0.4) is 0 Å².